The van der Waals surface area contributed by atoms with Crippen molar-refractivity contribution in [2.24, 2.45) is 11.7 Å². The lowest BCUT2D eigenvalue weighted by Crippen LogP contribution is -2.09. The number of ether oxygens (including phenoxy) is 1. The Labute approximate surface area is 87.7 Å². The van der Waals surface area contributed by atoms with Gasteiger partial charge in [0, 0.05) is 0 Å². The minimum Gasteiger partial charge on any atom is -0.490 e. The van der Waals surface area contributed by atoms with Crippen LogP contribution in [0.4, 0.5) is 4.39 Å². The van der Waals surface area contributed by atoms with Gasteiger partial charge in [-0.25, -0.2) is 4.39 Å². The van der Waals surface area contributed by atoms with Gasteiger partial charge in [0.25, 0.3) is 0 Å². The lowest BCUT2D eigenvalue weighted by molar-refractivity contribution is 0.185. The fourth-order valence-corrected chi connectivity index (χ4v) is 1.31. The third-order valence-corrected chi connectivity index (χ3v) is 2.47. The number of hydrogen-bond acceptors (Lipinski definition) is 3. The zero-order valence-electron chi connectivity index (χ0n) is 8.32. The van der Waals surface area contributed by atoms with E-state index < -0.39 is 12.0 Å². The molecular formula is C11H14FNO2. The Morgan fingerprint density at radius 1 is 1.53 bits per heavy atom. The number of rotatable bonds is 4. The molecule has 82 valence electrons. The van der Waals surface area contributed by atoms with Gasteiger partial charge in [-0.2, -0.15) is 0 Å². The summed E-state index contributed by atoms with van der Waals surface area (Å²) in [5.41, 5.74) is 5.74. The van der Waals surface area contributed by atoms with Crippen molar-refractivity contribution < 1.29 is 14.2 Å². The summed E-state index contributed by atoms with van der Waals surface area (Å²) in [5.74, 6) is 0.319. The molecule has 15 heavy (non-hydrogen) atoms. The van der Waals surface area contributed by atoms with Gasteiger partial charge in [-0.15, -0.1) is 0 Å². The molecule has 0 aromatic heterocycles. The van der Waals surface area contributed by atoms with Crippen molar-refractivity contribution in [3.05, 3.63) is 29.6 Å². The Morgan fingerprint density at radius 3 is 2.87 bits per heavy atom. The minimum atomic E-state index is -1.09. The highest BCUT2D eigenvalue weighted by molar-refractivity contribution is 5.31. The Balaban J connectivity index is 2.08. The van der Waals surface area contributed by atoms with Crippen LogP contribution in [0.25, 0.3) is 0 Å². The molecule has 1 aromatic rings. The number of nitrogens with two attached hydrogens (primary N) is 1. The van der Waals surface area contributed by atoms with E-state index in [1.165, 1.54) is 18.2 Å². The molecule has 0 radical (unpaired) electrons. The standard InChI is InChI=1S/C11H14FNO2/c12-9-4-3-8(11(13)14)5-10(9)15-6-7-1-2-7/h3-5,7,11,14H,1-2,6,13H2/t11-/m1/s1. The highest BCUT2D eigenvalue weighted by atomic mass is 19.1. The maximum atomic E-state index is 13.3. The van der Waals surface area contributed by atoms with E-state index in [4.69, 9.17) is 15.6 Å². The van der Waals surface area contributed by atoms with Crippen LogP contribution in [0.2, 0.25) is 0 Å². The summed E-state index contributed by atoms with van der Waals surface area (Å²) in [6.45, 7) is 0.543. The van der Waals surface area contributed by atoms with Gasteiger partial charge in [0.15, 0.2) is 11.6 Å². The first-order valence-corrected chi connectivity index (χ1v) is 5.02. The number of benzene rings is 1. The fourth-order valence-electron chi connectivity index (χ4n) is 1.31. The number of aliphatic hydroxyl groups excluding tert-OH is 1. The molecule has 0 heterocycles. The van der Waals surface area contributed by atoms with Gasteiger partial charge in [0.05, 0.1) is 6.61 Å². The monoisotopic (exact) mass is 211 g/mol. The van der Waals surface area contributed by atoms with E-state index in [1.807, 2.05) is 0 Å². The van der Waals surface area contributed by atoms with Crippen LogP contribution in [0, 0.1) is 11.7 Å². The second-order valence-electron chi connectivity index (χ2n) is 3.89. The van der Waals surface area contributed by atoms with Gasteiger partial charge in [-0.05, 0) is 36.5 Å². The molecule has 0 amide bonds. The molecule has 1 aromatic carbocycles. The zero-order chi connectivity index (χ0) is 10.8. The fraction of sp³-hybridized carbons (Fsp3) is 0.455. The Hall–Kier alpha value is -1.13. The molecule has 0 unspecified atom stereocenters. The molecule has 1 aliphatic carbocycles. The van der Waals surface area contributed by atoms with Crippen LogP contribution in [0.1, 0.15) is 24.6 Å². The van der Waals surface area contributed by atoms with Gasteiger partial charge >= 0.3 is 0 Å². The van der Waals surface area contributed by atoms with Crippen molar-refractivity contribution in [3.8, 4) is 5.75 Å². The van der Waals surface area contributed by atoms with E-state index in [9.17, 15) is 4.39 Å². The Bertz CT molecular complexity index is 350. The second kappa shape index (κ2) is 4.16. The van der Waals surface area contributed by atoms with Crippen LogP contribution in [-0.2, 0) is 0 Å². The predicted octanol–water partition coefficient (Wildman–Crippen LogP) is 1.56. The summed E-state index contributed by atoms with van der Waals surface area (Å²) in [4.78, 5) is 0. The number of halogens is 1. The number of aliphatic hydroxyl groups is 1. The molecule has 2 rings (SSSR count). The summed E-state index contributed by atoms with van der Waals surface area (Å²) in [6, 6.07) is 4.15. The first-order chi connectivity index (χ1) is 7.16. The Kier molecular flexibility index (Phi) is 2.88. The lowest BCUT2D eigenvalue weighted by Gasteiger charge is -2.10. The minimum absolute atomic E-state index is 0.170. The molecule has 4 heteroatoms. The molecule has 0 bridgehead atoms. The van der Waals surface area contributed by atoms with E-state index in [1.54, 1.807) is 0 Å². The van der Waals surface area contributed by atoms with Crippen LogP contribution < -0.4 is 10.5 Å². The molecule has 1 atom stereocenters. The highest BCUT2D eigenvalue weighted by Crippen LogP contribution is 2.30. The lowest BCUT2D eigenvalue weighted by atomic mass is 10.2. The molecule has 3 nitrogen and oxygen atoms in total. The van der Waals surface area contributed by atoms with Crippen LogP contribution in [0.5, 0.6) is 5.75 Å². The summed E-state index contributed by atoms with van der Waals surface area (Å²) in [5, 5.41) is 9.13. The van der Waals surface area contributed by atoms with Crippen LogP contribution >= 0.6 is 0 Å². The average Bonchev–Trinajstić information content (AvgIpc) is 3.00. The Morgan fingerprint density at radius 2 is 2.27 bits per heavy atom. The maximum Gasteiger partial charge on any atom is 0.165 e. The van der Waals surface area contributed by atoms with E-state index >= 15 is 0 Å². The van der Waals surface area contributed by atoms with Crippen molar-refractivity contribution >= 4 is 0 Å². The smallest absolute Gasteiger partial charge is 0.165 e. The topological polar surface area (TPSA) is 55.5 Å². The van der Waals surface area contributed by atoms with Gasteiger partial charge in [0.1, 0.15) is 6.23 Å². The number of hydrogen-bond donors (Lipinski definition) is 2. The van der Waals surface area contributed by atoms with Crippen LogP contribution in [0.15, 0.2) is 18.2 Å². The van der Waals surface area contributed by atoms with Crippen molar-refractivity contribution in [1.29, 1.82) is 0 Å². The molecule has 0 saturated heterocycles. The van der Waals surface area contributed by atoms with Crippen molar-refractivity contribution in [1.82, 2.24) is 0 Å². The predicted molar refractivity (Wildman–Crippen MR) is 53.8 cm³/mol. The van der Waals surface area contributed by atoms with E-state index in [0.717, 1.165) is 12.8 Å². The van der Waals surface area contributed by atoms with Gasteiger partial charge < -0.3 is 15.6 Å². The molecule has 1 aliphatic rings. The molecule has 0 aliphatic heterocycles. The summed E-state index contributed by atoms with van der Waals surface area (Å²) < 4.78 is 18.6. The quantitative estimate of drug-likeness (QED) is 0.743. The molecule has 0 spiro atoms. The summed E-state index contributed by atoms with van der Waals surface area (Å²) >= 11 is 0. The van der Waals surface area contributed by atoms with Crippen LogP contribution in [0.3, 0.4) is 0 Å². The molecule has 1 fully saturated rings. The molecule has 1 saturated carbocycles. The second-order valence-corrected chi connectivity index (χ2v) is 3.89. The van der Waals surface area contributed by atoms with Gasteiger partial charge in [-0.3, -0.25) is 0 Å². The van der Waals surface area contributed by atoms with Crippen LogP contribution in [-0.4, -0.2) is 11.7 Å². The summed E-state index contributed by atoms with van der Waals surface area (Å²) in [7, 11) is 0. The van der Waals surface area contributed by atoms with Gasteiger partial charge in [-0.1, -0.05) is 6.07 Å². The molecule has 3 N–H and O–H groups in total. The first-order valence-electron chi connectivity index (χ1n) is 5.02. The normalized spacial score (nSPS) is 17.5. The van der Waals surface area contributed by atoms with Crippen molar-refractivity contribution in [3.63, 3.8) is 0 Å². The van der Waals surface area contributed by atoms with E-state index in [-0.39, 0.29) is 5.75 Å². The van der Waals surface area contributed by atoms with Crippen molar-refractivity contribution in [2.75, 3.05) is 6.61 Å². The SMILES string of the molecule is N[C@H](O)c1ccc(F)c(OCC2CC2)c1. The van der Waals surface area contributed by atoms with E-state index in [0.29, 0.717) is 18.1 Å². The summed E-state index contributed by atoms with van der Waals surface area (Å²) in [6.07, 6.45) is 1.22. The first kappa shape index (κ1) is 10.4. The van der Waals surface area contributed by atoms with E-state index in [2.05, 4.69) is 0 Å². The third-order valence-electron chi connectivity index (χ3n) is 2.47. The average molecular weight is 211 g/mol. The van der Waals surface area contributed by atoms with Crippen molar-refractivity contribution in [2.45, 2.75) is 19.1 Å². The van der Waals surface area contributed by atoms with Gasteiger partial charge in [0.2, 0.25) is 0 Å². The maximum absolute atomic E-state index is 13.3. The third kappa shape index (κ3) is 2.67. The largest absolute Gasteiger partial charge is 0.490 e. The highest BCUT2D eigenvalue weighted by Gasteiger charge is 2.22. The molecular weight excluding hydrogens is 197 g/mol. The zero-order valence-corrected chi connectivity index (χ0v) is 8.32.